The molecule has 1 heterocycles. The molecule has 1 aromatic rings. The number of halogens is 1. The van der Waals surface area contributed by atoms with Crippen molar-refractivity contribution in [2.45, 2.75) is 32.7 Å². The van der Waals surface area contributed by atoms with Gasteiger partial charge < -0.3 is 15.4 Å². The zero-order valence-corrected chi connectivity index (χ0v) is 11.2. The number of hydrogen-bond acceptors (Lipinski definition) is 5. The summed E-state index contributed by atoms with van der Waals surface area (Å²) in [5, 5.41) is 6.05. The van der Waals surface area contributed by atoms with Gasteiger partial charge in [-0.3, -0.25) is 0 Å². The monoisotopic (exact) mass is 256 g/mol. The number of nitrogens with zero attached hydrogens (tertiary/aromatic N) is 2. The number of methoxy groups -OCH3 is 1. The predicted octanol–water partition coefficient (Wildman–Crippen LogP) is 2.27. The fraction of sp³-hybridized carbons (Fsp3) is 0.667. The van der Waals surface area contributed by atoms with E-state index in [9.17, 15) is 4.39 Å². The highest BCUT2D eigenvalue weighted by molar-refractivity contribution is 5.41. The van der Waals surface area contributed by atoms with Crippen LogP contribution in [0.15, 0.2) is 6.20 Å². The number of aromatic nitrogens is 2. The second-order valence-electron chi connectivity index (χ2n) is 4.02. The molecule has 0 saturated carbocycles. The molecule has 6 heteroatoms. The van der Waals surface area contributed by atoms with E-state index < -0.39 is 5.82 Å². The maximum Gasteiger partial charge on any atom is 0.224 e. The van der Waals surface area contributed by atoms with E-state index >= 15 is 0 Å². The molecule has 0 saturated heterocycles. The van der Waals surface area contributed by atoms with E-state index in [-0.39, 0.29) is 11.9 Å². The van der Waals surface area contributed by atoms with Crippen LogP contribution in [-0.2, 0) is 4.74 Å². The average molecular weight is 256 g/mol. The van der Waals surface area contributed by atoms with Crippen molar-refractivity contribution in [2.24, 2.45) is 0 Å². The molecule has 0 aliphatic rings. The summed E-state index contributed by atoms with van der Waals surface area (Å²) in [6, 6.07) is 0.0402. The Hall–Kier alpha value is -1.43. The van der Waals surface area contributed by atoms with Crippen molar-refractivity contribution in [3.63, 3.8) is 0 Å². The van der Waals surface area contributed by atoms with Crippen LogP contribution in [0.2, 0.25) is 0 Å². The van der Waals surface area contributed by atoms with Crippen LogP contribution in [0.1, 0.15) is 26.7 Å². The summed E-state index contributed by atoms with van der Waals surface area (Å²) in [4.78, 5) is 8.00. The molecule has 2 N–H and O–H groups in total. The van der Waals surface area contributed by atoms with Gasteiger partial charge in [-0.1, -0.05) is 13.8 Å². The Kier molecular flexibility index (Phi) is 6.35. The Morgan fingerprint density at radius 3 is 2.83 bits per heavy atom. The van der Waals surface area contributed by atoms with Crippen LogP contribution in [-0.4, -0.2) is 36.3 Å². The highest BCUT2D eigenvalue weighted by atomic mass is 19.1. The maximum atomic E-state index is 13.6. The van der Waals surface area contributed by atoms with Crippen LogP contribution in [0.3, 0.4) is 0 Å². The molecule has 0 bridgehead atoms. The van der Waals surface area contributed by atoms with Crippen LogP contribution >= 0.6 is 0 Å². The molecular weight excluding hydrogens is 235 g/mol. The number of anilines is 2. The van der Waals surface area contributed by atoms with E-state index in [1.165, 1.54) is 6.20 Å². The lowest BCUT2D eigenvalue weighted by Gasteiger charge is -2.17. The van der Waals surface area contributed by atoms with Gasteiger partial charge in [-0.2, -0.15) is 4.98 Å². The second-order valence-corrected chi connectivity index (χ2v) is 4.02. The quantitative estimate of drug-likeness (QED) is 0.747. The average Bonchev–Trinajstić information content (AvgIpc) is 2.38. The molecule has 1 atom stereocenters. The third-order valence-corrected chi connectivity index (χ3v) is 2.48. The summed E-state index contributed by atoms with van der Waals surface area (Å²) in [5.74, 6) is 0.201. The molecule has 1 rings (SSSR count). The molecule has 0 aliphatic heterocycles. The lowest BCUT2D eigenvalue weighted by molar-refractivity contribution is 0.184. The zero-order chi connectivity index (χ0) is 13.4. The van der Waals surface area contributed by atoms with Gasteiger partial charge in [0.25, 0.3) is 0 Å². The van der Waals surface area contributed by atoms with Crippen molar-refractivity contribution in [3.8, 4) is 0 Å². The topological polar surface area (TPSA) is 59.1 Å². The number of rotatable bonds is 8. The Morgan fingerprint density at radius 2 is 2.22 bits per heavy atom. The zero-order valence-electron chi connectivity index (χ0n) is 11.2. The molecule has 0 fully saturated rings. The van der Waals surface area contributed by atoms with Crippen LogP contribution in [0, 0.1) is 5.82 Å². The van der Waals surface area contributed by atoms with Crippen LogP contribution < -0.4 is 10.6 Å². The van der Waals surface area contributed by atoms with Gasteiger partial charge in [-0.05, 0) is 12.8 Å². The first kappa shape index (κ1) is 14.6. The summed E-state index contributed by atoms with van der Waals surface area (Å²) in [7, 11) is 1.62. The molecule has 0 aromatic carbocycles. The first-order chi connectivity index (χ1) is 8.71. The predicted molar refractivity (Wildman–Crippen MR) is 70.3 cm³/mol. The van der Waals surface area contributed by atoms with Crippen molar-refractivity contribution in [1.82, 2.24) is 9.97 Å². The Bertz CT molecular complexity index is 362. The van der Waals surface area contributed by atoms with Crippen molar-refractivity contribution < 1.29 is 9.13 Å². The minimum absolute atomic E-state index is 0.0402. The minimum Gasteiger partial charge on any atom is -0.383 e. The van der Waals surface area contributed by atoms with Gasteiger partial charge in [0.05, 0.1) is 18.8 Å². The molecule has 102 valence electrons. The van der Waals surface area contributed by atoms with E-state index in [2.05, 4.69) is 20.6 Å². The highest BCUT2D eigenvalue weighted by Gasteiger charge is 2.11. The lowest BCUT2D eigenvalue weighted by atomic mass is 10.2. The summed E-state index contributed by atoms with van der Waals surface area (Å²) in [6.07, 6.45) is 2.96. The van der Waals surface area contributed by atoms with Gasteiger partial charge in [0.2, 0.25) is 5.95 Å². The molecule has 0 spiro atoms. The molecule has 0 aliphatic carbocycles. The molecule has 18 heavy (non-hydrogen) atoms. The van der Waals surface area contributed by atoms with Gasteiger partial charge in [0.15, 0.2) is 11.6 Å². The smallest absolute Gasteiger partial charge is 0.224 e. The molecule has 5 nitrogen and oxygen atoms in total. The standard InChI is InChI=1S/C12H21FN4O/c1-4-6-14-12-15-7-10(13)11(17-12)16-9(5-2)8-18-3/h7,9H,4-6,8H2,1-3H3,(H2,14,15,16,17). The van der Waals surface area contributed by atoms with E-state index in [1.54, 1.807) is 7.11 Å². The first-order valence-corrected chi connectivity index (χ1v) is 6.23. The van der Waals surface area contributed by atoms with Crippen molar-refractivity contribution >= 4 is 11.8 Å². The molecule has 0 amide bonds. The van der Waals surface area contributed by atoms with Crippen molar-refractivity contribution in [2.75, 3.05) is 30.9 Å². The highest BCUT2D eigenvalue weighted by Crippen LogP contribution is 2.14. The van der Waals surface area contributed by atoms with E-state index in [0.717, 1.165) is 19.4 Å². The van der Waals surface area contributed by atoms with Gasteiger partial charge in [0, 0.05) is 13.7 Å². The van der Waals surface area contributed by atoms with Crippen LogP contribution in [0.25, 0.3) is 0 Å². The second kappa shape index (κ2) is 7.81. The van der Waals surface area contributed by atoms with E-state index in [1.807, 2.05) is 13.8 Å². The van der Waals surface area contributed by atoms with Gasteiger partial charge >= 0.3 is 0 Å². The summed E-state index contributed by atoms with van der Waals surface area (Å²) >= 11 is 0. The Labute approximate surface area is 107 Å². The largest absolute Gasteiger partial charge is 0.383 e. The third kappa shape index (κ3) is 4.44. The van der Waals surface area contributed by atoms with Crippen molar-refractivity contribution in [3.05, 3.63) is 12.0 Å². The summed E-state index contributed by atoms with van der Waals surface area (Å²) in [6.45, 7) is 5.32. The van der Waals surface area contributed by atoms with E-state index in [0.29, 0.717) is 12.6 Å². The summed E-state index contributed by atoms with van der Waals surface area (Å²) in [5.41, 5.74) is 0. The van der Waals surface area contributed by atoms with Gasteiger partial charge in [0.1, 0.15) is 0 Å². The SMILES string of the molecule is CCCNc1ncc(F)c(NC(CC)COC)n1. The van der Waals surface area contributed by atoms with Gasteiger partial charge in [-0.15, -0.1) is 0 Å². The Balaban J connectivity index is 2.73. The third-order valence-electron chi connectivity index (χ3n) is 2.48. The molecule has 1 aromatic heterocycles. The minimum atomic E-state index is -0.452. The maximum absolute atomic E-state index is 13.6. The van der Waals surface area contributed by atoms with Crippen LogP contribution in [0.4, 0.5) is 16.2 Å². The fourth-order valence-electron chi connectivity index (χ4n) is 1.45. The summed E-state index contributed by atoms with van der Waals surface area (Å²) < 4.78 is 18.6. The Morgan fingerprint density at radius 1 is 1.44 bits per heavy atom. The van der Waals surface area contributed by atoms with Gasteiger partial charge in [-0.25, -0.2) is 9.37 Å². The number of nitrogens with one attached hydrogen (secondary N) is 2. The molecule has 0 radical (unpaired) electrons. The number of hydrogen-bond donors (Lipinski definition) is 2. The van der Waals surface area contributed by atoms with E-state index in [4.69, 9.17) is 4.74 Å². The first-order valence-electron chi connectivity index (χ1n) is 6.23. The number of ether oxygens (including phenoxy) is 1. The lowest BCUT2D eigenvalue weighted by Crippen LogP contribution is -2.25. The fourth-order valence-corrected chi connectivity index (χ4v) is 1.45. The molecule has 1 unspecified atom stereocenters. The van der Waals surface area contributed by atoms with Crippen molar-refractivity contribution in [1.29, 1.82) is 0 Å². The normalized spacial score (nSPS) is 12.2. The van der Waals surface area contributed by atoms with Crippen LogP contribution in [0.5, 0.6) is 0 Å². The molecular formula is C12H21FN4O.